The molecular formula is C12H16F2N2O2. The summed E-state index contributed by atoms with van der Waals surface area (Å²) in [5, 5.41) is 11.0. The van der Waals surface area contributed by atoms with Crippen LogP contribution in [0, 0.1) is 11.6 Å². The van der Waals surface area contributed by atoms with Gasteiger partial charge < -0.3 is 16.2 Å². The molecular weight excluding hydrogens is 242 g/mol. The van der Waals surface area contributed by atoms with Crippen LogP contribution in [0.1, 0.15) is 29.6 Å². The lowest BCUT2D eigenvalue weighted by Gasteiger charge is -2.07. The lowest BCUT2D eigenvalue weighted by Crippen LogP contribution is -2.26. The number of hydrogen-bond acceptors (Lipinski definition) is 3. The fourth-order valence-electron chi connectivity index (χ4n) is 1.49. The van der Waals surface area contributed by atoms with E-state index < -0.39 is 23.1 Å². The Morgan fingerprint density at radius 3 is 2.67 bits per heavy atom. The van der Waals surface area contributed by atoms with Crippen molar-refractivity contribution >= 4 is 11.6 Å². The van der Waals surface area contributed by atoms with Crippen LogP contribution in [0.5, 0.6) is 0 Å². The van der Waals surface area contributed by atoms with Gasteiger partial charge in [0.2, 0.25) is 0 Å². The Hall–Kier alpha value is -1.69. The van der Waals surface area contributed by atoms with Crippen LogP contribution in [-0.2, 0) is 0 Å². The molecule has 18 heavy (non-hydrogen) atoms. The number of hydrogen-bond donors (Lipinski definition) is 3. The predicted octanol–water partition coefficient (Wildman–Crippen LogP) is 1.44. The maximum absolute atomic E-state index is 13.5. The Morgan fingerprint density at radius 2 is 2.00 bits per heavy atom. The molecule has 0 aliphatic carbocycles. The molecule has 0 heterocycles. The summed E-state index contributed by atoms with van der Waals surface area (Å²) in [6, 6.07) is 1.64. The maximum Gasteiger partial charge on any atom is 0.254 e. The topological polar surface area (TPSA) is 75.4 Å². The normalized spacial score (nSPS) is 10.4. The first-order chi connectivity index (χ1) is 8.56. The van der Waals surface area contributed by atoms with Gasteiger partial charge >= 0.3 is 0 Å². The fraction of sp³-hybridized carbons (Fsp3) is 0.417. The summed E-state index contributed by atoms with van der Waals surface area (Å²) < 4.78 is 26.5. The third-order valence-electron chi connectivity index (χ3n) is 2.43. The smallest absolute Gasteiger partial charge is 0.254 e. The van der Waals surface area contributed by atoms with Crippen molar-refractivity contribution in [1.29, 1.82) is 0 Å². The number of amides is 1. The van der Waals surface area contributed by atoms with Crippen LogP contribution in [0.25, 0.3) is 0 Å². The molecule has 0 unspecified atom stereocenters. The molecule has 100 valence electrons. The second-order valence-electron chi connectivity index (χ2n) is 3.90. The van der Waals surface area contributed by atoms with E-state index in [9.17, 15) is 13.6 Å². The number of anilines is 1. The molecule has 1 rings (SSSR count). The minimum absolute atomic E-state index is 0.100. The standard InChI is InChI=1S/C12H16F2N2O2/c13-8-6-9(11(14)10(15)7-8)12(18)16-4-2-1-3-5-17/h6-7,17H,1-5,15H2,(H,16,18). The number of carbonyl (C=O) groups excluding carboxylic acids is 1. The zero-order valence-corrected chi connectivity index (χ0v) is 9.88. The van der Waals surface area contributed by atoms with Gasteiger partial charge in [0.15, 0.2) is 5.82 Å². The van der Waals surface area contributed by atoms with Gasteiger partial charge in [-0.05, 0) is 31.4 Å². The second-order valence-corrected chi connectivity index (χ2v) is 3.90. The van der Waals surface area contributed by atoms with E-state index in [-0.39, 0.29) is 12.3 Å². The van der Waals surface area contributed by atoms with Gasteiger partial charge in [0.1, 0.15) is 5.82 Å². The molecule has 6 heteroatoms. The van der Waals surface area contributed by atoms with Crippen LogP contribution in [0.2, 0.25) is 0 Å². The number of benzene rings is 1. The highest BCUT2D eigenvalue weighted by Crippen LogP contribution is 2.17. The summed E-state index contributed by atoms with van der Waals surface area (Å²) in [7, 11) is 0. The third kappa shape index (κ3) is 3.96. The molecule has 0 atom stereocenters. The van der Waals surface area contributed by atoms with Crippen LogP contribution in [0.15, 0.2) is 12.1 Å². The number of aliphatic hydroxyl groups is 1. The minimum atomic E-state index is -0.913. The van der Waals surface area contributed by atoms with Gasteiger partial charge in [0.05, 0.1) is 11.3 Å². The summed E-state index contributed by atoms with van der Waals surface area (Å²) in [6.45, 7) is 0.442. The first-order valence-corrected chi connectivity index (χ1v) is 5.70. The van der Waals surface area contributed by atoms with E-state index in [2.05, 4.69) is 5.32 Å². The molecule has 1 aromatic carbocycles. The van der Waals surface area contributed by atoms with E-state index in [1.807, 2.05) is 0 Å². The van der Waals surface area contributed by atoms with E-state index in [0.29, 0.717) is 19.4 Å². The van der Waals surface area contributed by atoms with Gasteiger partial charge in [-0.25, -0.2) is 8.78 Å². The van der Waals surface area contributed by atoms with Gasteiger partial charge in [-0.3, -0.25) is 4.79 Å². The first kappa shape index (κ1) is 14.4. The number of rotatable bonds is 6. The molecule has 4 N–H and O–H groups in total. The zero-order chi connectivity index (χ0) is 13.5. The molecule has 0 bridgehead atoms. The van der Waals surface area contributed by atoms with Crippen molar-refractivity contribution in [3.63, 3.8) is 0 Å². The Balaban J connectivity index is 2.56. The van der Waals surface area contributed by atoms with Gasteiger partial charge in [0.25, 0.3) is 5.91 Å². The first-order valence-electron chi connectivity index (χ1n) is 5.70. The van der Waals surface area contributed by atoms with Crippen LogP contribution < -0.4 is 11.1 Å². The van der Waals surface area contributed by atoms with Crippen molar-refractivity contribution < 1.29 is 18.7 Å². The highest BCUT2D eigenvalue weighted by atomic mass is 19.1. The average molecular weight is 258 g/mol. The van der Waals surface area contributed by atoms with Crippen molar-refractivity contribution in [2.24, 2.45) is 0 Å². The highest BCUT2D eigenvalue weighted by molar-refractivity contribution is 5.95. The number of halogens is 2. The summed E-state index contributed by atoms with van der Waals surface area (Å²) in [5.74, 6) is -2.36. The number of carbonyl (C=O) groups is 1. The molecule has 0 radical (unpaired) electrons. The van der Waals surface area contributed by atoms with Crippen molar-refractivity contribution in [3.8, 4) is 0 Å². The molecule has 0 saturated carbocycles. The largest absolute Gasteiger partial charge is 0.396 e. The summed E-state index contributed by atoms with van der Waals surface area (Å²) >= 11 is 0. The van der Waals surface area contributed by atoms with E-state index in [1.54, 1.807) is 0 Å². The number of aliphatic hydroxyl groups excluding tert-OH is 1. The lowest BCUT2D eigenvalue weighted by molar-refractivity contribution is 0.0948. The number of unbranched alkanes of at least 4 members (excludes halogenated alkanes) is 2. The van der Waals surface area contributed by atoms with Crippen molar-refractivity contribution in [2.45, 2.75) is 19.3 Å². The average Bonchev–Trinajstić information content (AvgIpc) is 2.33. The summed E-state index contributed by atoms with van der Waals surface area (Å²) in [5.41, 5.74) is 4.45. The van der Waals surface area contributed by atoms with Crippen molar-refractivity contribution in [2.75, 3.05) is 18.9 Å². The van der Waals surface area contributed by atoms with Crippen molar-refractivity contribution in [1.82, 2.24) is 5.32 Å². The van der Waals surface area contributed by atoms with Gasteiger partial charge in [-0.2, -0.15) is 0 Å². The van der Waals surface area contributed by atoms with Gasteiger partial charge in [-0.1, -0.05) is 0 Å². The Morgan fingerprint density at radius 1 is 1.28 bits per heavy atom. The number of nitrogens with one attached hydrogen (secondary N) is 1. The molecule has 0 aliphatic heterocycles. The number of nitrogen functional groups attached to an aromatic ring is 1. The monoisotopic (exact) mass is 258 g/mol. The SMILES string of the molecule is Nc1cc(F)cc(C(=O)NCCCCCO)c1F. The van der Waals surface area contributed by atoms with E-state index in [4.69, 9.17) is 10.8 Å². The second kappa shape index (κ2) is 6.90. The van der Waals surface area contributed by atoms with E-state index in [1.165, 1.54) is 0 Å². The summed E-state index contributed by atoms with van der Waals surface area (Å²) in [4.78, 5) is 11.6. The fourth-order valence-corrected chi connectivity index (χ4v) is 1.49. The van der Waals surface area contributed by atoms with Crippen LogP contribution in [0.4, 0.5) is 14.5 Å². The van der Waals surface area contributed by atoms with E-state index in [0.717, 1.165) is 18.6 Å². The number of nitrogens with two attached hydrogens (primary N) is 1. The van der Waals surface area contributed by atoms with Crippen LogP contribution >= 0.6 is 0 Å². The highest BCUT2D eigenvalue weighted by Gasteiger charge is 2.15. The molecule has 1 aromatic rings. The Kier molecular flexibility index (Phi) is 5.51. The minimum Gasteiger partial charge on any atom is -0.396 e. The molecule has 0 spiro atoms. The molecule has 0 aliphatic rings. The Bertz CT molecular complexity index is 425. The van der Waals surface area contributed by atoms with Crippen molar-refractivity contribution in [3.05, 3.63) is 29.3 Å². The molecule has 0 fully saturated rings. The molecule has 1 amide bonds. The predicted molar refractivity (Wildman–Crippen MR) is 64.0 cm³/mol. The summed E-state index contributed by atoms with van der Waals surface area (Å²) in [6.07, 6.45) is 2.07. The van der Waals surface area contributed by atoms with Gasteiger partial charge in [-0.15, -0.1) is 0 Å². The van der Waals surface area contributed by atoms with E-state index >= 15 is 0 Å². The quantitative estimate of drug-likeness (QED) is 0.534. The zero-order valence-electron chi connectivity index (χ0n) is 9.88. The molecule has 0 aromatic heterocycles. The third-order valence-corrected chi connectivity index (χ3v) is 2.43. The molecule has 0 saturated heterocycles. The lowest BCUT2D eigenvalue weighted by atomic mass is 10.1. The van der Waals surface area contributed by atoms with Gasteiger partial charge in [0, 0.05) is 13.2 Å². The van der Waals surface area contributed by atoms with Crippen LogP contribution in [-0.4, -0.2) is 24.2 Å². The Labute approximate surface area is 104 Å². The molecule has 4 nitrogen and oxygen atoms in total. The maximum atomic E-state index is 13.5. The van der Waals surface area contributed by atoms with Crippen LogP contribution in [0.3, 0.4) is 0 Å².